The fourth-order valence-electron chi connectivity index (χ4n) is 2.88. The van der Waals surface area contributed by atoms with Crippen molar-refractivity contribution in [2.75, 3.05) is 0 Å². The van der Waals surface area contributed by atoms with Crippen molar-refractivity contribution >= 4 is 22.9 Å². The van der Waals surface area contributed by atoms with Gasteiger partial charge in [0.1, 0.15) is 11.4 Å². The maximum Gasteiger partial charge on any atom is 0.211 e. The highest BCUT2D eigenvalue weighted by molar-refractivity contribution is 6.75. The van der Waals surface area contributed by atoms with Crippen LogP contribution in [0.2, 0.25) is 0 Å². The molecular weight excluding hydrogens is 224 g/mol. The van der Waals surface area contributed by atoms with Crippen molar-refractivity contribution in [3.05, 3.63) is 41.1 Å². The monoisotopic (exact) mass is 236 g/mol. The van der Waals surface area contributed by atoms with Gasteiger partial charge in [-0.05, 0) is 31.7 Å². The van der Waals surface area contributed by atoms with Crippen LogP contribution in [0.3, 0.4) is 0 Å². The maximum atomic E-state index is 12.4. The summed E-state index contributed by atoms with van der Waals surface area (Å²) in [4.78, 5) is 21.6. The molecule has 0 N–H and O–H groups in total. The summed E-state index contributed by atoms with van der Waals surface area (Å²) >= 11 is 0. The number of para-hydroxylation sites is 1. The first-order chi connectivity index (χ1) is 8.84. The number of hydrogen-bond acceptors (Lipinski definition) is 3. The summed E-state index contributed by atoms with van der Waals surface area (Å²) in [6.45, 7) is 0. The minimum Gasteiger partial charge on any atom is -0.287 e. The van der Waals surface area contributed by atoms with Gasteiger partial charge < -0.3 is 0 Å². The Morgan fingerprint density at radius 3 is 2.72 bits per heavy atom. The summed E-state index contributed by atoms with van der Waals surface area (Å²) in [5, 5.41) is 0. The van der Waals surface area contributed by atoms with Crippen LogP contribution in [0.15, 0.2) is 45.5 Å². The van der Waals surface area contributed by atoms with Crippen LogP contribution in [0.5, 0.6) is 0 Å². The van der Waals surface area contributed by atoms with E-state index < -0.39 is 0 Å². The van der Waals surface area contributed by atoms with Crippen molar-refractivity contribution in [2.45, 2.75) is 25.7 Å². The van der Waals surface area contributed by atoms with E-state index in [2.05, 4.69) is 4.99 Å². The van der Waals surface area contributed by atoms with Gasteiger partial charge >= 0.3 is 0 Å². The van der Waals surface area contributed by atoms with Gasteiger partial charge in [0.05, 0.1) is 5.69 Å². The predicted octanol–water partition coefficient (Wildman–Crippen LogP) is 2.97. The lowest BCUT2D eigenvalue weighted by Crippen LogP contribution is -2.29. The number of hydrogen-bond donors (Lipinski definition) is 0. The second kappa shape index (κ2) is 3.48. The molecule has 0 saturated heterocycles. The minimum absolute atomic E-state index is 0.103. The van der Waals surface area contributed by atoms with Gasteiger partial charge in [0.25, 0.3) is 0 Å². The van der Waals surface area contributed by atoms with E-state index in [1.807, 2.05) is 24.3 Å². The molecule has 3 aliphatic rings. The Morgan fingerprint density at radius 1 is 0.944 bits per heavy atom. The van der Waals surface area contributed by atoms with Crippen molar-refractivity contribution < 1.29 is 4.79 Å². The van der Waals surface area contributed by atoms with Gasteiger partial charge in [-0.3, -0.25) is 4.79 Å². The van der Waals surface area contributed by atoms with Crippen LogP contribution < -0.4 is 0 Å². The highest BCUT2D eigenvalue weighted by atomic mass is 16.1. The van der Waals surface area contributed by atoms with E-state index in [4.69, 9.17) is 4.99 Å². The molecule has 18 heavy (non-hydrogen) atoms. The van der Waals surface area contributed by atoms with Crippen LogP contribution >= 0.6 is 0 Å². The third-order valence-electron chi connectivity index (χ3n) is 3.79. The molecule has 0 fully saturated rings. The Morgan fingerprint density at radius 2 is 1.78 bits per heavy atom. The first-order valence-corrected chi connectivity index (χ1v) is 6.38. The predicted molar refractivity (Wildman–Crippen MR) is 70.6 cm³/mol. The SMILES string of the molecule is O=C1C2=Nc3ccccc3C2=NC2=C1CCCC2. The molecule has 4 rings (SSSR count). The number of fused-ring (bicyclic) bond motifs is 3. The maximum absolute atomic E-state index is 12.4. The number of ketones is 1. The van der Waals surface area contributed by atoms with E-state index in [1.54, 1.807) is 0 Å². The van der Waals surface area contributed by atoms with Crippen LogP contribution in [0.25, 0.3) is 0 Å². The number of carbonyl (C=O) groups is 1. The fourth-order valence-corrected chi connectivity index (χ4v) is 2.88. The Kier molecular flexibility index (Phi) is 1.92. The molecule has 0 radical (unpaired) electrons. The Balaban J connectivity index is 1.94. The summed E-state index contributed by atoms with van der Waals surface area (Å²) in [6, 6.07) is 7.84. The second-order valence-corrected chi connectivity index (χ2v) is 4.90. The number of allylic oxidation sites excluding steroid dienone is 2. The number of benzene rings is 1. The topological polar surface area (TPSA) is 41.8 Å². The fraction of sp³-hybridized carbons (Fsp3) is 0.267. The molecule has 0 bridgehead atoms. The molecule has 0 amide bonds. The highest BCUT2D eigenvalue weighted by Crippen LogP contribution is 2.35. The van der Waals surface area contributed by atoms with E-state index in [1.165, 1.54) is 0 Å². The van der Waals surface area contributed by atoms with E-state index in [9.17, 15) is 4.79 Å². The molecule has 1 aliphatic carbocycles. The summed E-state index contributed by atoms with van der Waals surface area (Å²) < 4.78 is 0. The van der Waals surface area contributed by atoms with Crippen molar-refractivity contribution in [3.63, 3.8) is 0 Å². The summed E-state index contributed by atoms with van der Waals surface area (Å²) in [5.74, 6) is 0.103. The van der Waals surface area contributed by atoms with Gasteiger partial charge in [0.2, 0.25) is 5.78 Å². The van der Waals surface area contributed by atoms with Gasteiger partial charge in [-0.2, -0.15) is 0 Å². The van der Waals surface area contributed by atoms with Crippen molar-refractivity contribution in [1.29, 1.82) is 0 Å². The van der Waals surface area contributed by atoms with Crippen LogP contribution in [0, 0.1) is 0 Å². The smallest absolute Gasteiger partial charge is 0.211 e. The standard InChI is InChI=1S/C15H12N2O/c18-15-10-6-2-4-8-12(10)16-13-9-5-1-3-7-11(9)17-14(13)15/h1,3,5,7H,2,4,6,8H2. The van der Waals surface area contributed by atoms with Crippen LogP contribution in [-0.4, -0.2) is 17.2 Å². The summed E-state index contributed by atoms with van der Waals surface area (Å²) in [7, 11) is 0. The number of rotatable bonds is 0. The first kappa shape index (κ1) is 9.95. The van der Waals surface area contributed by atoms with E-state index >= 15 is 0 Å². The van der Waals surface area contributed by atoms with Crippen LogP contribution in [0.4, 0.5) is 5.69 Å². The zero-order valence-corrected chi connectivity index (χ0v) is 9.94. The minimum atomic E-state index is 0.103. The van der Waals surface area contributed by atoms with E-state index in [0.717, 1.165) is 53.9 Å². The normalized spacial score (nSPS) is 21.0. The molecule has 2 heterocycles. The first-order valence-electron chi connectivity index (χ1n) is 6.38. The quantitative estimate of drug-likeness (QED) is 0.682. The van der Waals surface area contributed by atoms with Gasteiger partial charge in [-0.1, -0.05) is 18.2 Å². The Bertz CT molecular complexity index is 665. The average Bonchev–Trinajstić information content (AvgIpc) is 2.79. The van der Waals surface area contributed by atoms with E-state index in [0.29, 0.717) is 5.71 Å². The number of aliphatic imine (C=N–C) groups is 2. The van der Waals surface area contributed by atoms with Crippen molar-refractivity contribution in [2.24, 2.45) is 9.98 Å². The van der Waals surface area contributed by atoms with Gasteiger partial charge in [0.15, 0.2) is 0 Å². The molecule has 1 aromatic carbocycles. The van der Waals surface area contributed by atoms with E-state index in [-0.39, 0.29) is 5.78 Å². The number of Topliss-reactive ketones (excluding diaryl/α,β-unsaturated/α-hetero) is 1. The van der Waals surface area contributed by atoms with Gasteiger partial charge in [-0.15, -0.1) is 0 Å². The zero-order valence-electron chi connectivity index (χ0n) is 9.94. The largest absolute Gasteiger partial charge is 0.287 e. The number of carbonyl (C=O) groups excluding carboxylic acids is 1. The molecule has 3 heteroatoms. The van der Waals surface area contributed by atoms with Gasteiger partial charge in [0, 0.05) is 16.8 Å². The molecule has 1 aromatic rings. The third-order valence-corrected chi connectivity index (χ3v) is 3.79. The van der Waals surface area contributed by atoms with Crippen LogP contribution in [-0.2, 0) is 4.79 Å². The molecular formula is C15H12N2O. The molecule has 0 spiro atoms. The molecule has 0 atom stereocenters. The van der Waals surface area contributed by atoms with Crippen LogP contribution in [0.1, 0.15) is 31.2 Å². The lowest BCUT2D eigenvalue weighted by molar-refractivity contribution is -0.109. The molecule has 0 aromatic heterocycles. The lowest BCUT2D eigenvalue weighted by Gasteiger charge is -2.21. The average molecular weight is 236 g/mol. The van der Waals surface area contributed by atoms with Gasteiger partial charge in [-0.25, -0.2) is 9.98 Å². The molecule has 88 valence electrons. The third kappa shape index (κ3) is 1.22. The molecule has 2 aliphatic heterocycles. The van der Waals surface area contributed by atoms with Crippen molar-refractivity contribution in [1.82, 2.24) is 0 Å². The zero-order chi connectivity index (χ0) is 12.1. The lowest BCUT2D eigenvalue weighted by atomic mass is 9.87. The molecule has 0 unspecified atom stereocenters. The summed E-state index contributed by atoms with van der Waals surface area (Å²) in [6.07, 6.45) is 4.02. The summed E-state index contributed by atoms with van der Waals surface area (Å²) in [5.41, 5.74) is 5.11. The number of nitrogens with zero attached hydrogens (tertiary/aromatic N) is 2. The van der Waals surface area contributed by atoms with Crippen molar-refractivity contribution in [3.8, 4) is 0 Å². The Labute approximate surface area is 105 Å². The second-order valence-electron chi connectivity index (χ2n) is 4.90. The molecule has 3 nitrogen and oxygen atoms in total. The Hall–Kier alpha value is -2.03. The molecule has 0 saturated carbocycles. The highest BCUT2D eigenvalue weighted by Gasteiger charge is 2.35.